The molecule has 0 aliphatic rings. The Morgan fingerprint density at radius 1 is 1.19 bits per heavy atom. The maximum absolute atomic E-state index is 10.4. The zero-order chi connectivity index (χ0) is 15.0. The third kappa shape index (κ3) is 3.15. The van der Waals surface area contributed by atoms with E-state index in [4.69, 9.17) is 16.0 Å². The SMILES string of the molecule is Cc1ccc2oc(C(O)Cc3ccc(Br)cc3Cl)cc2c1. The van der Waals surface area contributed by atoms with Crippen LogP contribution in [0.25, 0.3) is 11.0 Å². The largest absolute Gasteiger partial charge is 0.458 e. The van der Waals surface area contributed by atoms with Gasteiger partial charge in [0.2, 0.25) is 0 Å². The molecule has 0 aliphatic carbocycles. The molecule has 0 spiro atoms. The Hall–Kier alpha value is -1.29. The molecule has 0 fully saturated rings. The molecule has 0 bridgehead atoms. The van der Waals surface area contributed by atoms with Gasteiger partial charge in [-0.3, -0.25) is 0 Å². The van der Waals surface area contributed by atoms with Crippen molar-refractivity contribution >= 4 is 38.5 Å². The summed E-state index contributed by atoms with van der Waals surface area (Å²) in [5.74, 6) is 0.564. The summed E-state index contributed by atoms with van der Waals surface area (Å²) in [6.07, 6.45) is -0.290. The van der Waals surface area contributed by atoms with Gasteiger partial charge in [0, 0.05) is 21.3 Å². The van der Waals surface area contributed by atoms with Crippen LogP contribution in [0.3, 0.4) is 0 Å². The second kappa shape index (κ2) is 5.84. The maximum atomic E-state index is 10.4. The molecule has 1 heterocycles. The number of aliphatic hydroxyl groups excluding tert-OH is 1. The molecule has 0 radical (unpaired) electrons. The average molecular weight is 366 g/mol. The molecule has 0 saturated carbocycles. The van der Waals surface area contributed by atoms with Crippen molar-refractivity contribution in [1.29, 1.82) is 0 Å². The van der Waals surface area contributed by atoms with Gasteiger partial charge in [-0.15, -0.1) is 0 Å². The number of benzene rings is 2. The molecule has 2 nitrogen and oxygen atoms in total. The van der Waals surface area contributed by atoms with E-state index in [1.54, 1.807) is 0 Å². The summed E-state index contributed by atoms with van der Waals surface area (Å²) in [5, 5.41) is 12.0. The highest BCUT2D eigenvalue weighted by molar-refractivity contribution is 9.10. The third-order valence-corrected chi connectivity index (χ3v) is 4.29. The number of aliphatic hydroxyl groups is 1. The van der Waals surface area contributed by atoms with Gasteiger partial charge in [-0.2, -0.15) is 0 Å². The minimum Gasteiger partial charge on any atom is -0.458 e. The van der Waals surface area contributed by atoms with E-state index in [0.29, 0.717) is 17.2 Å². The second-order valence-corrected chi connectivity index (χ2v) is 6.47. The molecular formula is C17H14BrClO2. The fourth-order valence-electron chi connectivity index (χ4n) is 2.34. The van der Waals surface area contributed by atoms with Crippen LogP contribution in [0.15, 0.2) is 51.4 Å². The quantitative estimate of drug-likeness (QED) is 0.671. The van der Waals surface area contributed by atoms with Crippen LogP contribution in [0, 0.1) is 6.92 Å². The Bertz CT molecular complexity index is 795. The Kier molecular flexibility index (Phi) is 4.07. The molecule has 0 amide bonds. The van der Waals surface area contributed by atoms with Crippen molar-refractivity contribution in [3.05, 3.63) is 68.8 Å². The fraction of sp³-hybridized carbons (Fsp3) is 0.176. The lowest BCUT2D eigenvalue weighted by molar-refractivity contribution is 0.152. The van der Waals surface area contributed by atoms with Crippen molar-refractivity contribution < 1.29 is 9.52 Å². The molecular weight excluding hydrogens is 352 g/mol. The first-order chi connectivity index (χ1) is 10.0. The highest BCUT2D eigenvalue weighted by Gasteiger charge is 2.15. The van der Waals surface area contributed by atoms with E-state index in [1.807, 2.05) is 49.4 Å². The van der Waals surface area contributed by atoms with Gasteiger partial charge >= 0.3 is 0 Å². The normalized spacial score (nSPS) is 12.8. The highest BCUT2D eigenvalue weighted by Crippen LogP contribution is 2.29. The number of halogens is 2. The van der Waals surface area contributed by atoms with E-state index >= 15 is 0 Å². The molecule has 1 N–H and O–H groups in total. The molecule has 1 unspecified atom stereocenters. The molecule has 2 aromatic carbocycles. The molecule has 0 aliphatic heterocycles. The van der Waals surface area contributed by atoms with Gasteiger partial charge in [0.05, 0.1) is 0 Å². The predicted molar refractivity (Wildman–Crippen MR) is 88.8 cm³/mol. The minimum absolute atomic E-state index is 0.422. The van der Waals surface area contributed by atoms with E-state index in [9.17, 15) is 5.11 Å². The molecule has 1 aromatic heterocycles. The fourth-order valence-corrected chi connectivity index (χ4v) is 3.09. The predicted octanol–water partition coefficient (Wildman–Crippen LogP) is 5.43. The molecule has 1 atom stereocenters. The monoisotopic (exact) mass is 364 g/mol. The van der Waals surface area contributed by atoms with Crippen LogP contribution >= 0.6 is 27.5 Å². The Labute approximate surface area is 136 Å². The molecule has 3 aromatic rings. The van der Waals surface area contributed by atoms with Crippen molar-refractivity contribution in [2.45, 2.75) is 19.4 Å². The van der Waals surface area contributed by atoms with Crippen LogP contribution in [-0.2, 0) is 6.42 Å². The third-order valence-electron chi connectivity index (χ3n) is 3.45. The first-order valence-corrected chi connectivity index (χ1v) is 7.82. The van der Waals surface area contributed by atoms with Gasteiger partial charge in [-0.25, -0.2) is 0 Å². The van der Waals surface area contributed by atoms with Crippen LogP contribution in [0.1, 0.15) is 23.0 Å². The van der Waals surface area contributed by atoms with E-state index in [0.717, 1.165) is 21.0 Å². The first kappa shape index (κ1) is 14.6. The molecule has 0 saturated heterocycles. The zero-order valence-corrected chi connectivity index (χ0v) is 13.8. The lowest BCUT2D eigenvalue weighted by Crippen LogP contribution is -2.00. The number of fused-ring (bicyclic) bond motifs is 1. The van der Waals surface area contributed by atoms with Crippen LogP contribution in [0.4, 0.5) is 0 Å². The summed E-state index contributed by atoms with van der Waals surface area (Å²) in [7, 11) is 0. The van der Waals surface area contributed by atoms with Crippen LogP contribution in [0.5, 0.6) is 0 Å². The summed E-state index contributed by atoms with van der Waals surface area (Å²) in [6, 6.07) is 13.5. The summed E-state index contributed by atoms with van der Waals surface area (Å²) in [5.41, 5.74) is 2.85. The summed E-state index contributed by atoms with van der Waals surface area (Å²) in [4.78, 5) is 0. The van der Waals surface area contributed by atoms with E-state index in [-0.39, 0.29) is 0 Å². The number of aryl methyl sites for hydroxylation is 1. The van der Waals surface area contributed by atoms with Crippen molar-refractivity contribution in [3.8, 4) is 0 Å². The van der Waals surface area contributed by atoms with E-state index < -0.39 is 6.10 Å². The van der Waals surface area contributed by atoms with Crippen LogP contribution in [-0.4, -0.2) is 5.11 Å². The molecule has 3 rings (SSSR count). The molecule has 108 valence electrons. The van der Waals surface area contributed by atoms with Gasteiger partial charge < -0.3 is 9.52 Å². The van der Waals surface area contributed by atoms with E-state index in [1.165, 1.54) is 5.56 Å². The zero-order valence-electron chi connectivity index (χ0n) is 11.4. The number of furan rings is 1. The van der Waals surface area contributed by atoms with Gasteiger partial charge in [0.1, 0.15) is 17.4 Å². The summed E-state index contributed by atoms with van der Waals surface area (Å²) < 4.78 is 6.64. The van der Waals surface area contributed by atoms with Crippen molar-refractivity contribution in [3.63, 3.8) is 0 Å². The highest BCUT2D eigenvalue weighted by atomic mass is 79.9. The first-order valence-electron chi connectivity index (χ1n) is 6.65. The van der Waals surface area contributed by atoms with Crippen molar-refractivity contribution in [1.82, 2.24) is 0 Å². The average Bonchev–Trinajstić information content (AvgIpc) is 2.85. The molecule has 4 heteroatoms. The van der Waals surface area contributed by atoms with Gasteiger partial charge in [0.15, 0.2) is 0 Å². The number of hydrogen-bond acceptors (Lipinski definition) is 2. The van der Waals surface area contributed by atoms with Gasteiger partial charge in [0.25, 0.3) is 0 Å². The second-order valence-electron chi connectivity index (χ2n) is 5.15. The van der Waals surface area contributed by atoms with Gasteiger partial charge in [-0.1, -0.05) is 45.2 Å². The van der Waals surface area contributed by atoms with Gasteiger partial charge in [-0.05, 0) is 42.8 Å². The van der Waals surface area contributed by atoms with Crippen LogP contribution in [0.2, 0.25) is 5.02 Å². The van der Waals surface area contributed by atoms with Crippen molar-refractivity contribution in [2.24, 2.45) is 0 Å². The topological polar surface area (TPSA) is 33.4 Å². The number of hydrogen-bond donors (Lipinski definition) is 1. The Morgan fingerprint density at radius 2 is 2.00 bits per heavy atom. The summed E-state index contributed by atoms with van der Waals surface area (Å²) >= 11 is 9.56. The maximum Gasteiger partial charge on any atom is 0.134 e. The van der Waals surface area contributed by atoms with E-state index in [2.05, 4.69) is 15.9 Å². The van der Waals surface area contributed by atoms with Crippen molar-refractivity contribution in [2.75, 3.05) is 0 Å². The smallest absolute Gasteiger partial charge is 0.134 e. The molecule has 21 heavy (non-hydrogen) atoms. The lowest BCUT2D eigenvalue weighted by atomic mass is 10.1. The Balaban J connectivity index is 1.87. The minimum atomic E-state index is -0.712. The summed E-state index contributed by atoms with van der Waals surface area (Å²) in [6.45, 7) is 2.03. The van der Waals surface area contributed by atoms with Crippen LogP contribution < -0.4 is 0 Å². The standard InChI is InChI=1S/C17H14BrClO2/c1-10-2-5-16-12(6-10)8-17(21-16)15(20)7-11-3-4-13(18)9-14(11)19/h2-6,8-9,15,20H,7H2,1H3. The number of rotatable bonds is 3. The lowest BCUT2D eigenvalue weighted by Gasteiger charge is -2.09. The Morgan fingerprint density at radius 3 is 2.76 bits per heavy atom.